The fourth-order valence-corrected chi connectivity index (χ4v) is 2.09. The van der Waals surface area contributed by atoms with Gasteiger partial charge in [0.2, 0.25) is 6.04 Å². The lowest BCUT2D eigenvalue weighted by molar-refractivity contribution is -0.141. The van der Waals surface area contributed by atoms with E-state index in [9.17, 15) is 14.4 Å². The summed E-state index contributed by atoms with van der Waals surface area (Å²) in [5, 5.41) is 16.4. The number of nitrogens with zero attached hydrogens (tertiary/aromatic N) is 2. The highest BCUT2D eigenvalue weighted by Gasteiger charge is 2.22. The van der Waals surface area contributed by atoms with Crippen molar-refractivity contribution in [3.8, 4) is 0 Å². The minimum Gasteiger partial charge on any atom is -0.479 e. The van der Waals surface area contributed by atoms with Crippen LogP contribution in [0, 0.1) is 6.92 Å². The van der Waals surface area contributed by atoms with Gasteiger partial charge in [-0.05, 0) is 26.0 Å². The van der Waals surface area contributed by atoms with Gasteiger partial charge in [0, 0.05) is 5.56 Å². The number of hydrogen-bond donors (Lipinski definition) is 1. The van der Waals surface area contributed by atoms with Gasteiger partial charge in [0.15, 0.2) is 11.6 Å². The molecule has 0 aliphatic heterocycles. The Kier molecular flexibility index (Phi) is 5.31. The minimum absolute atomic E-state index is 0.224. The zero-order valence-corrected chi connectivity index (χ0v) is 13.3. The molecule has 0 aliphatic carbocycles. The molecule has 0 bridgehead atoms. The van der Waals surface area contributed by atoms with Gasteiger partial charge < -0.3 is 5.11 Å². The molecule has 0 aliphatic rings. The van der Waals surface area contributed by atoms with Crippen molar-refractivity contribution in [1.82, 2.24) is 0 Å². The zero-order chi connectivity index (χ0) is 17.7. The Morgan fingerprint density at radius 1 is 1.04 bits per heavy atom. The monoisotopic (exact) mass is 324 g/mol. The van der Waals surface area contributed by atoms with Crippen molar-refractivity contribution < 1.29 is 19.5 Å². The summed E-state index contributed by atoms with van der Waals surface area (Å²) >= 11 is 0. The minimum atomic E-state index is -1.58. The van der Waals surface area contributed by atoms with Crippen LogP contribution in [0.25, 0.3) is 0 Å². The van der Waals surface area contributed by atoms with Crippen LogP contribution >= 0.6 is 0 Å². The predicted octanol–water partition coefficient (Wildman–Crippen LogP) is 3.35. The van der Waals surface area contributed by atoms with Gasteiger partial charge in [0.1, 0.15) is 0 Å². The number of azo groups is 1. The lowest BCUT2D eigenvalue weighted by atomic mass is 10.00. The normalized spacial score (nSPS) is 12.1. The van der Waals surface area contributed by atoms with Crippen LogP contribution in [0.15, 0.2) is 58.8 Å². The van der Waals surface area contributed by atoms with Crippen LogP contribution < -0.4 is 0 Å². The van der Waals surface area contributed by atoms with Gasteiger partial charge in [-0.15, -0.1) is 0 Å². The van der Waals surface area contributed by atoms with Gasteiger partial charge in [0.25, 0.3) is 0 Å². The van der Waals surface area contributed by atoms with E-state index >= 15 is 0 Å². The molecule has 122 valence electrons. The predicted molar refractivity (Wildman–Crippen MR) is 87.7 cm³/mol. The molecule has 0 radical (unpaired) electrons. The van der Waals surface area contributed by atoms with Crippen LogP contribution in [0.4, 0.5) is 5.69 Å². The van der Waals surface area contributed by atoms with Crippen LogP contribution in [0.2, 0.25) is 0 Å². The van der Waals surface area contributed by atoms with E-state index in [0.29, 0.717) is 11.1 Å². The van der Waals surface area contributed by atoms with Crippen LogP contribution in [0.3, 0.4) is 0 Å². The lowest BCUT2D eigenvalue weighted by Crippen LogP contribution is -2.25. The molecule has 2 rings (SSSR count). The Labute approximate surface area is 138 Å². The number of rotatable bonds is 6. The number of benzene rings is 2. The van der Waals surface area contributed by atoms with Gasteiger partial charge in [0.05, 0.1) is 11.3 Å². The fraction of sp³-hybridized carbons (Fsp3) is 0.167. The molecule has 1 unspecified atom stereocenters. The maximum absolute atomic E-state index is 12.6. The smallest absolute Gasteiger partial charge is 0.338 e. The van der Waals surface area contributed by atoms with Crippen molar-refractivity contribution in [1.29, 1.82) is 0 Å². The van der Waals surface area contributed by atoms with E-state index in [2.05, 4.69) is 10.2 Å². The quantitative estimate of drug-likeness (QED) is 0.500. The molecule has 6 nitrogen and oxygen atoms in total. The Morgan fingerprint density at radius 2 is 1.71 bits per heavy atom. The highest BCUT2D eigenvalue weighted by molar-refractivity contribution is 6.12. The summed E-state index contributed by atoms with van der Waals surface area (Å²) in [6, 6.07) is 12.1. The second kappa shape index (κ2) is 7.41. The molecular weight excluding hydrogens is 308 g/mol. The van der Waals surface area contributed by atoms with Gasteiger partial charge in [-0.2, -0.15) is 10.2 Å². The first kappa shape index (κ1) is 17.2. The van der Waals surface area contributed by atoms with Crippen molar-refractivity contribution in [2.24, 2.45) is 10.2 Å². The van der Waals surface area contributed by atoms with E-state index in [-0.39, 0.29) is 11.5 Å². The summed E-state index contributed by atoms with van der Waals surface area (Å²) in [5.74, 6) is -2.26. The summed E-state index contributed by atoms with van der Waals surface area (Å²) in [7, 11) is 0. The summed E-state index contributed by atoms with van der Waals surface area (Å²) in [5.41, 5.74) is 1.87. The Hall–Kier alpha value is -3.15. The third-order valence-electron chi connectivity index (χ3n) is 3.33. The maximum atomic E-state index is 12.6. The lowest BCUT2D eigenvalue weighted by Gasteiger charge is -2.07. The molecular formula is C18H16N2O4. The number of carbonyl (C=O) groups excluding carboxylic acids is 2. The SMILES string of the molecule is CC(=O)C(/N=N/c1ccc(C)cc1C(=O)c1ccccc1)C(=O)O. The summed E-state index contributed by atoms with van der Waals surface area (Å²) in [6.45, 7) is 2.96. The van der Waals surface area contributed by atoms with Gasteiger partial charge in [-0.1, -0.05) is 42.0 Å². The zero-order valence-electron chi connectivity index (χ0n) is 13.3. The molecule has 1 N–H and O–H groups in total. The summed E-state index contributed by atoms with van der Waals surface area (Å²) in [4.78, 5) is 35.0. The van der Waals surface area contributed by atoms with E-state index in [4.69, 9.17) is 5.11 Å². The second-order valence-corrected chi connectivity index (χ2v) is 5.28. The fourth-order valence-electron chi connectivity index (χ4n) is 2.09. The highest BCUT2D eigenvalue weighted by Crippen LogP contribution is 2.24. The molecule has 6 heteroatoms. The van der Waals surface area contributed by atoms with Crippen molar-refractivity contribution in [2.45, 2.75) is 19.9 Å². The topological polar surface area (TPSA) is 96.2 Å². The van der Waals surface area contributed by atoms with Crippen LogP contribution in [-0.4, -0.2) is 28.7 Å². The van der Waals surface area contributed by atoms with Crippen LogP contribution in [0.1, 0.15) is 28.4 Å². The molecule has 24 heavy (non-hydrogen) atoms. The first-order chi connectivity index (χ1) is 11.4. The standard InChI is InChI=1S/C18H16N2O4/c1-11-8-9-15(19-20-16(12(2)21)18(23)24)14(10-11)17(22)13-6-4-3-5-7-13/h3-10,16H,1-2H3,(H,23,24)/b20-19+. The molecule has 2 aromatic carbocycles. The average molecular weight is 324 g/mol. The molecule has 0 aromatic heterocycles. The van der Waals surface area contributed by atoms with E-state index in [1.54, 1.807) is 48.5 Å². The number of aliphatic carboxylic acids is 1. The van der Waals surface area contributed by atoms with E-state index < -0.39 is 17.8 Å². The molecule has 0 spiro atoms. The molecule has 0 saturated carbocycles. The number of hydrogen-bond acceptors (Lipinski definition) is 5. The molecule has 0 fully saturated rings. The number of Topliss-reactive ketones (excluding diaryl/α,β-unsaturated/α-hetero) is 1. The number of carboxylic acid groups (broad SMARTS) is 1. The summed E-state index contributed by atoms with van der Waals surface area (Å²) < 4.78 is 0. The van der Waals surface area contributed by atoms with Gasteiger partial charge in [-0.3, -0.25) is 9.59 Å². The number of ketones is 2. The van der Waals surface area contributed by atoms with E-state index in [1.165, 1.54) is 0 Å². The first-order valence-electron chi connectivity index (χ1n) is 7.24. The van der Waals surface area contributed by atoms with Gasteiger partial charge in [-0.25, -0.2) is 4.79 Å². The van der Waals surface area contributed by atoms with Crippen LogP contribution in [-0.2, 0) is 9.59 Å². The Balaban J connectivity index is 2.43. The van der Waals surface area contributed by atoms with Crippen molar-refractivity contribution in [2.75, 3.05) is 0 Å². The van der Waals surface area contributed by atoms with Gasteiger partial charge >= 0.3 is 5.97 Å². The molecule has 0 amide bonds. The van der Waals surface area contributed by atoms with E-state index in [0.717, 1.165) is 12.5 Å². The Morgan fingerprint density at radius 3 is 2.29 bits per heavy atom. The Bertz CT molecular complexity index is 799. The third-order valence-corrected chi connectivity index (χ3v) is 3.33. The number of carboxylic acids is 1. The third kappa shape index (κ3) is 3.98. The molecule has 1 atom stereocenters. The number of carbonyl (C=O) groups is 3. The molecule has 2 aromatic rings. The largest absolute Gasteiger partial charge is 0.479 e. The van der Waals surface area contributed by atoms with Crippen LogP contribution in [0.5, 0.6) is 0 Å². The molecule has 0 saturated heterocycles. The van der Waals surface area contributed by atoms with Crippen molar-refractivity contribution in [3.63, 3.8) is 0 Å². The first-order valence-corrected chi connectivity index (χ1v) is 7.24. The highest BCUT2D eigenvalue weighted by atomic mass is 16.4. The summed E-state index contributed by atoms with van der Waals surface area (Å²) in [6.07, 6.45) is 0. The number of aryl methyl sites for hydroxylation is 1. The van der Waals surface area contributed by atoms with Crippen molar-refractivity contribution >= 4 is 23.2 Å². The second-order valence-electron chi connectivity index (χ2n) is 5.28. The maximum Gasteiger partial charge on any atom is 0.338 e. The van der Waals surface area contributed by atoms with E-state index in [1.807, 2.05) is 6.92 Å². The average Bonchev–Trinajstić information content (AvgIpc) is 2.55. The van der Waals surface area contributed by atoms with Crippen molar-refractivity contribution in [3.05, 3.63) is 65.2 Å². The molecule has 0 heterocycles.